The zero-order valence-electron chi connectivity index (χ0n) is 12.8. The van der Waals surface area contributed by atoms with Gasteiger partial charge in [-0.3, -0.25) is 9.80 Å². The second kappa shape index (κ2) is 7.02. The third kappa shape index (κ3) is 4.52. The number of nitrogens with zero attached hydrogens (tertiary/aromatic N) is 2. The maximum atomic E-state index is 11.5. The molecular weight excluding hydrogens is 268 g/mol. The van der Waals surface area contributed by atoms with Crippen molar-refractivity contribution in [2.24, 2.45) is 0 Å². The van der Waals surface area contributed by atoms with E-state index in [9.17, 15) is 9.90 Å². The molecule has 1 N–H and O–H groups in total. The van der Waals surface area contributed by atoms with Crippen LogP contribution in [0.5, 0.6) is 0 Å². The van der Waals surface area contributed by atoms with Crippen LogP contribution < -0.4 is 0 Å². The molecular formula is C16H24N2O3. The standard InChI is InChI=1S/C16H24N2O3/c1-16(20,15(19)21-2)13-18-10-8-17(9-11-18)12-14-6-4-3-5-7-14/h3-7,20H,8-13H2,1-2H3. The molecule has 0 aliphatic carbocycles. The molecule has 1 aliphatic rings. The van der Waals surface area contributed by atoms with E-state index >= 15 is 0 Å². The molecule has 1 unspecified atom stereocenters. The Labute approximate surface area is 126 Å². The molecule has 0 spiro atoms. The van der Waals surface area contributed by atoms with Crippen LogP contribution in [-0.4, -0.2) is 66.3 Å². The van der Waals surface area contributed by atoms with E-state index in [-0.39, 0.29) is 0 Å². The van der Waals surface area contributed by atoms with Crippen LogP contribution in [0.25, 0.3) is 0 Å². The minimum absolute atomic E-state index is 0.318. The topological polar surface area (TPSA) is 53.0 Å². The molecule has 5 nitrogen and oxygen atoms in total. The third-order valence-corrected chi connectivity index (χ3v) is 3.87. The number of benzene rings is 1. The first-order valence-electron chi connectivity index (χ1n) is 7.31. The molecule has 1 atom stereocenters. The van der Waals surface area contributed by atoms with Gasteiger partial charge >= 0.3 is 5.97 Å². The summed E-state index contributed by atoms with van der Waals surface area (Å²) < 4.78 is 4.63. The third-order valence-electron chi connectivity index (χ3n) is 3.87. The summed E-state index contributed by atoms with van der Waals surface area (Å²) in [5.41, 5.74) is -0.122. The molecule has 0 bridgehead atoms. The van der Waals surface area contributed by atoms with Crippen LogP contribution in [-0.2, 0) is 16.1 Å². The Bertz CT molecular complexity index is 454. The molecule has 0 radical (unpaired) electrons. The first-order valence-corrected chi connectivity index (χ1v) is 7.31. The SMILES string of the molecule is COC(=O)C(C)(O)CN1CCN(Cc2ccccc2)CC1. The second-order valence-corrected chi connectivity index (χ2v) is 5.80. The van der Waals surface area contributed by atoms with Gasteiger partial charge in [0.1, 0.15) is 0 Å². The van der Waals surface area contributed by atoms with Crippen molar-refractivity contribution in [1.29, 1.82) is 0 Å². The number of methoxy groups -OCH3 is 1. The average Bonchev–Trinajstić information content (AvgIpc) is 2.49. The normalized spacial score (nSPS) is 20.0. The highest BCUT2D eigenvalue weighted by molar-refractivity contribution is 5.78. The average molecular weight is 292 g/mol. The zero-order chi connectivity index (χ0) is 15.3. The van der Waals surface area contributed by atoms with E-state index in [4.69, 9.17) is 0 Å². The summed E-state index contributed by atoms with van der Waals surface area (Å²) in [5, 5.41) is 10.1. The van der Waals surface area contributed by atoms with Gasteiger partial charge in [0.2, 0.25) is 0 Å². The fraction of sp³-hybridized carbons (Fsp3) is 0.562. The molecule has 1 aliphatic heterocycles. The number of hydrogen-bond acceptors (Lipinski definition) is 5. The molecule has 1 aromatic carbocycles. The summed E-state index contributed by atoms with van der Waals surface area (Å²) in [6, 6.07) is 10.4. The summed E-state index contributed by atoms with van der Waals surface area (Å²) in [6.07, 6.45) is 0. The van der Waals surface area contributed by atoms with Crippen LogP contribution in [0, 0.1) is 0 Å². The number of ether oxygens (including phenoxy) is 1. The van der Waals surface area contributed by atoms with E-state index in [2.05, 4.69) is 38.8 Å². The van der Waals surface area contributed by atoms with Crippen molar-refractivity contribution in [3.8, 4) is 0 Å². The fourth-order valence-corrected chi connectivity index (χ4v) is 2.67. The Morgan fingerprint density at radius 3 is 2.33 bits per heavy atom. The fourth-order valence-electron chi connectivity index (χ4n) is 2.67. The Morgan fingerprint density at radius 2 is 1.76 bits per heavy atom. The summed E-state index contributed by atoms with van der Waals surface area (Å²) in [4.78, 5) is 16.0. The summed E-state index contributed by atoms with van der Waals surface area (Å²) in [5.74, 6) is -0.575. The highest BCUT2D eigenvalue weighted by atomic mass is 16.5. The summed E-state index contributed by atoms with van der Waals surface area (Å²) >= 11 is 0. The van der Waals surface area contributed by atoms with Gasteiger partial charge in [-0.15, -0.1) is 0 Å². The molecule has 0 amide bonds. The van der Waals surface area contributed by atoms with E-state index in [1.165, 1.54) is 19.6 Å². The van der Waals surface area contributed by atoms with Crippen LogP contribution in [0.2, 0.25) is 0 Å². The molecule has 21 heavy (non-hydrogen) atoms. The number of β-amino-alcohol motifs (C(OH)–C–C–N with tert-alkyl or cyclic N) is 1. The summed E-state index contributed by atoms with van der Waals surface area (Å²) in [7, 11) is 1.30. The van der Waals surface area contributed by atoms with Crippen molar-refractivity contribution in [3.05, 3.63) is 35.9 Å². The zero-order valence-corrected chi connectivity index (χ0v) is 12.8. The quantitative estimate of drug-likeness (QED) is 0.811. The number of esters is 1. The van der Waals surface area contributed by atoms with E-state index < -0.39 is 11.6 Å². The molecule has 0 aromatic heterocycles. The first kappa shape index (κ1) is 15.9. The number of carbonyl (C=O) groups excluding carboxylic acids is 1. The summed E-state index contributed by atoms with van der Waals surface area (Å²) in [6.45, 7) is 6.34. The van der Waals surface area contributed by atoms with Gasteiger partial charge in [-0.1, -0.05) is 30.3 Å². The molecule has 1 saturated heterocycles. The molecule has 1 aromatic rings. The molecule has 1 fully saturated rings. The number of aliphatic hydroxyl groups is 1. The van der Waals surface area contributed by atoms with Gasteiger partial charge in [-0.25, -0.2) is 4.79 Å². The van der Waals surface area contributed by atoms with Crippen LogP contribution in [0.3, 0.4) is 0 Å². The van der Waals surface area contributed by atoms with Gasteiger partial charge in [0.25, 0.3) is 0 Å². The van der Waals surface area contributed by atoms with Gasteiger partial charge in [-0.2, -0.15) is 0 Å². The van der Waals surface area contributed by atoms with Crippen molar-refractivity contribution in [3.63, 3.8) is 0 Å². The Kier molecular flexibility index (Phi) is 5.33. The second-order valence-electron chi connectivity index (χ2n) is 5.80. The van der Waals surface area contributed by atoms with Gasteiger partial charge < -0.3 is 9.84 Å². The van der Waals surface area contributed by atoms with Gasteiger partial charge in [0, 0.05) is 39.3 Å². The van der Waals surface area contributed by atoms with Crippen molar-refractivity contribution in [1.82, 2.24) is 9.80 Å². The smallest absolute Gasteiger partial charge is 0.338 e. The number of carbonyl (C=O) groups is 1. The maximum Gasteiger partial charge on any atom is 0.338 e. The van der Waals surface area contributed by atoms with Crippen molar-refractivity contribution < 1.29 is 14.6 Å². The van der Waals surface area contributed by atoms with E-state index in [1.54, 1.807) is 0 Å². The van der Waals surface area contributed by atoms with Gasteiger partial charge in [0.15, 0.2) is 5.60 Å². The highest BCUT2D eigenvalue weighted by Crippen LogP contribution is 2.13. The number of hydrogen-bond donors (Lipinski definition) is 1. The van der Waals surface area contributed by atoms with E-state index in [1.807, 2.05) is 6.07 Å². The van der Waals surface area contributed by atoms with Crippen LogP contribution in [0.4, 0.5) is 0 Å². The van der Waals surface area contributed by atoms with E-state index in [0.717, 1.165) is 32.7 Å². The highest BCUT2D eigenvalue weighted by Gasteiger charge is 2.34. The van der Waals surface area contributed by atoms with E-state index in [0.29, 0.717) is 6.54 Å². The predicted molar refractivity (Wildman–Crippen MR) is 80.8 cm³/mol. The minimum Gasteiger partial charge on any atom is -0.467 e. The van der Waals surface area contributed by atoms with Crippen molar-refractivity contribution >= 4 is 5.97 Å². The lowest BCUT2D eigenvalue weighted by Gasteiger charge is -2.37. The monoisotopic (exact) mass is 292 g/mol. The predicted octanol–water partition coefficient (Wildman–Crippen LogP) is 0.728. The number of rotatable bonds is 5. The van der Waals surface area contributed by atoms with Crippen molar-refractivity contribution in [2.75, 3.05) is 39.8 Å². The Hall–Kier alpha value is -1.43. The minimum atomic E-state index is -1.43. The molecule has 0 saturated carbocycles. The lowest BCUT2D eigenvalue weighted by molar-refractivity contribution is -0.162. The Balaban J connectivity index is 1.79. The first-order chi connectivity index (χ1) is 10.0. The van der Waals surface area contributed by atoms with Crippen molar-refractivity contribution in [2.45, 2.75) is 19.1 Å². The molecule has 1 heterocycles. The lowest BCUT2D eigenvalue weighted by atomic mass is 10.1. The lowest BCUT2D eigenvalue weighted by Crippen LogP contribution is -2.53. The largest absolute Gasteiger partial charge is 0.467 e. The van der Waals surface area contributed by atoms with Gasteiger partial charge in [-0.05, 0) is 12.5 Å². The van der Waals surface area contributed by atoms with Crippen LogP contribution in [0.1, 0.15) is 12.5 Å². The molecule has 116 valence electrons. The number of piperazine rings is 1. The van der Waals surface area contributed by atoms with Gasteiger partial charge in [0.05, 0.1) is 7.11 Å². The Morgan fingerprint density at radius 1 is 1.19 bits per heavy atom. The maximum absolute atomic E-state index is 11.5. The molecule has 2 rings (SSSR count). The molecule has 5 heteroatoms. The van der Waals surface area contributed by atoms with Crippen LogP contribution in [0.15, 0.2) is 30.3 Å². The van der Waals surface area contributed by atoms with Crippen LogP contribution >= 0.6 is 0 Å².